The molecule has 0 radical (unpaired) electrons. The Morgan fingerprint density at radius 3 is 3.00 bits per heavy atom. The summed E-state index contributed by atoms with van der Waals surface area (Å²) in [5, 5.41) is 12.2. The van der Waals surface area contributed by atoms with Crippen molar-refractivity contribution in [2.75, 3.05) is 12.3 Å². The highest BCUT2D eigenvalue weighted by Crippen LogP contribution is 2.16. The number of nitrogens with two attached hydrogens (primary N) is 1. The van der Waals surface area contributed by atoms with Gasteiger partial charge in [-0.3, -0.25) is 0 Å². The van der Waals surface area contributed by atoms with E-state index in [0.29, 0.717) is 24.2 Å². The molecule has 3 N–H and O–H groups in total. The normalized spacial score (nSPS) is 10.1. The van der Waals surface area contributed by atoms with Gasteiger partial charge in [0.1, 0.15) is 0 Å². The summed E-state index contributed by atoms with van der Waals surface area (Å²) in [5.41, 5.74) is 15.1. The van der Waals surface area contributed by atoms with Crippen molar-refractivity contribution in [3.05, 3.63) is 45.8 Å². The SMILES string of the molecule is [N-]=[N+]=NCCC=Cc1cc(C(=O)O)ccc1N. The van der Waals surface area contributed by atoms with Crippen LogP contribution in [-0.2, 0) is 0 Å². The van der Waals surface area contributed by atoms with Gasteiger partial charge in [0.15, 0.2) is 0 Å². The molecule has 0 spiro atoms. The summed E-state index contributed by atoms with van der Waals surface area (Å²) in [6, 6.07) is 4.51. The predicted molar refractivity (Wildman–Crippen MR) is 65.5 cm³/mol. The molecule has 0 aliphatic rings. The lowest BCUT2D eigenvalue weighted by atomic mass is 10.1. The zero-order chi connectivity index (χ0) is 12.7. The number of hydrogen-bond acceptors (Lipinski definition) is 3. The van der Waals surface area contributed by atoms with Gasteiger partial charge in [-0.2, -0.15) is 0 Å². The van der Waals surface area contributed by atoms with Gasteiger partial charge in [0, 0.05) is 17.1 Å². The summed E-state index contributed by atoms with van der Waals surface area (Å²) < 4.78 is 0. The van der Waals surface area contributed by atoms with Crippen molar-refractivity contribution in [1.82, 2.24) is 0 Å². The third kappa shape index (κ3) is 3.89. The van der Waals surface area contributed by atoms with Crippen molar-refractivity contribution >= 4 is 17.7 Å². The number of rotatable bonds is 5. The van der Waals surface area contributed by atoms with Crippen molar-refractivity contribution in [2.24, 2.45) is 5.11 Å². The lowest BCUT2D eigenvalue weighted by molar-refractivity contribution is 0.0697. The van der Waals surface area contributed by atoms with Crippen LogP contribution in [0.2, 0.25) is 0 Å². The Bertz CT molecular complexity index is 490. The lowest BCUT2D eigenvalue weighted by Crippen LogP contribution is -1.98. The molecule has 0 unspecified atom stereocenters. The number of azide groups is 1. The Balaban J connectivity index is 2.78. The summed E-state index contributed by atoms with van der Waals surface area (Å²) in [4.78, 5) is 13.4. The molecule has 0 saturated carbocycles. The van der Waals surface area contributed by atoms with E-state index in [1.165, 1.54) is 12.1 Å². The van der Waals surface area contributed by atoms with Gasteiger partial charge >= 0.3 is 5.97 Å². The number of benzene rings is 1. The molecule has 0 saturated heterocycles. The number of carbonyl (C=O) groups is 1. The summed E-state index contributed by atoms with van der Waals surface area (Å²) in [6.45, 7) is 0.367. The molecule has 17 heavy (non-hydrogen) atoms. The molecule has 0 aromatic heterocycles. The number of nitrogens with zero attached hydrogens (tertiary/aromatic N) is 3. The maximum atomic E-state index is 10.8. The zero-order valence-corrected chi connectivity index (χ0v) is 9.08. The largest absolute Gasteiger partial charge is 0.478 e. The molecule has 0 aliphatic heterocycles. The fourth-order valence-electron chi connectivity index (χ4n) is 1.24. The topological polar surface area (TPSA) is 112 Å². The van der Waals surface area contributed by atoms with Crippen LogP contribution in [0.15, 0.2) is 29.4 Å². The van der Waals surface area contributed by atoms with E-state index in [-0.39, 0.29) is 5.56 Å². The summed E-state index contributed by atoms with van der Waals surface area (Å²) in [5.74, 6) is -0.992. The highest BCUT2D eigenvalue weighted by Gasteiger charge is 2.04. The first-order valence-electron chi connectivity index (χ1n) is 4.95. The van der Waals surface area contributed by atoms with Crippen LogP contribution in [-0.4, -0.2) is 17.6 Å². The van der Waals surface area contributed by atoms with Gasteiger partial charge < -0.3 is 10.8 Å². The standard InChI is InChI=1S/C11H12N4O2/c12-10-5-4-9(11(16)17)7-8(10)3-1-2-6-14-15-13/h1,3-5,7H,2,6,12H2,(H,16,17). The lowest BCUT2D eigenvalue weighted by Gasteiger charge is -2.01. The quantitative estimate of drug-likeness (QED) is 0.267. The van der Waals surface area contributed by atoms with Crippen molar-refractivity contribution in [2.45, 2.75) is 6.42 Å². The van der Waals surface area contributed by atoms with Crippen LogP contribution in [0.4, 0.5) is 5.69 Å². The van der Waals surface area contributed by atoms with E-state index in [1.54, 1.807) is 18.2 Å². The van der Waals surface area contributed by atoms with E-state index in [1.807, 2.05) is 0 Å². The van der Waals surface area contributed by atoms with Crippen LogP contribution in [0.3, 0.4) is 0 Å². The first-order valence-corrected chi connectivity index (χ1v) is 4.95. The van der Waals surface area contributed by atoms with E-state index < -0.39 is 5.97 Å². The molecule has 88 valence electrons. The molecule has 0 amide bonds. The van der Waals surface area contributed by atoms with Crippen molar-refractivity contribution < 1.29 is 9.90 Å². The minimum absolute atomic E-state index is 0.189. The van der Waals surface area contributed by atoms with Gasteiger partial charge in [0.25, 0.3) is 0 Å². The Morgan fingerprint density at radius 2 is 2.35 bits per heavy atom. The zero-order valence-electron chi connectivity index (χ0n) is 9.08. The second kappa shape index (κ2) is 6.19. The molecule has 0 atom stereocenters. The highest BCUT2D eigenvalue weighted by molar-refractivity contribution is 5.89. The summed E-state index contributed by atoms with van der Waals surface area (Å²) in [7, 11) is 0. The molecule has 1 aromatic rings. The first-order chi connectivity index (χ1) is 8.15. The minimum Gasteiger partial charge on any atom is -0.478 e. The van der Waals surface area contributed by atoms with Gasteiger partial charge in [0.05, 0.1) is 5.56 Å². The molecule has 0 bridgehead atoms. The molecular weight excluding hydrogens is 220 g/mol. The fraction of sp³-hybridized carbons (Fsp3) is 0.182. The van der Waals surface area contributed by atoms with Crippen molar-refractivity contribution in [3.8, 4) is 0 Å². The predicted octanol–water partition coefficient (Wildman–Crippen LogP) is 2.68. The maximum Gasteiger partial charge on any atom is 0.335 e. The molecule has 1 rings (SSSR count). The summed E-state index contributed by atoms with van der Waals surface area (Å²) in [6.07, 6.45) is 4.08. The van der Waals surface area contributed by atoms with E-state index in [9.17, 15) is 4.79 Å². The Morgan fingerprint density at radius 1 is 1.59 bits per heavy atom. The Kier molecular flexibility index (Phi) is 4.59. The van der Waals surface area contributed by atoms with Crippen molar-refractivity contribution in [1.29, 1.82) is 0 Å². The average Bonchev–Trinajstić information content (AvgIpc) is 2.30. The minimum atomic E-state index is -0.992. The number of nitrogen functional groups attached to an aromatic ring is 1. The molecule has 6 heteroatoms. The first kappa shape index (κ1) is 12.6. The van der Waals surface area contributed by atoms with Crippen molar-refractivity contribution in [3.63, 3.8) is 0 Å². The maximum absolute atomic E-state index is 10.8. The Hall–Kier alpha value is -2.46. The fourth-order valence-corrected chi connectivity index (χ4v) is 1.24. The number of anilines is 1. The van der Waals surface area contributed by atoms with Crippen LogP contribution in [0.1, 0.15) is 22.3 Å². The van der Waals surface area contributed by atoms with E-state index >= 15 is 0 Å². The van der Waals surface area contributed by atoms with Crippen LogP contribution in [0.5, 0.6) is 0 Å². The molecule has 0 fully saturated rings. The molecular formula is C11H12N4O2. The third-order valence-electron chi connectivity index (χ3n) is 2.09. The number of aromatic carboxylic acids is 1. The number of carboxylic acid groups (broad SMARTS) is 1. The van der Waals surface area contributed by atoms with E-state index in [0.717, 1.165) is 0 Å². The van der Waals surface area contributed by atoms with Gasteiger partial charge in [0.2, 0.25) is 0 Å². The van der Waals surface area contributed by atoms with E-state index in [4.69, 9.17) is 16.4 Å². The average molecular weight is 232 g/mol. The van der Waals surface area contributed by atoms with Crippen LogP contribution in [0, 0.1) is 0 Å². The summed E-state index contributed by atoms with van der Waals surface area (Å²) >= 11 is 0. The van der Waals surface area contributed by atoms with Gasteiger partial charge in [-0.15, -0.1) is 0 Å². The molecule has 1 aromatic carbocycles. The van der Waals surface area contributed by atoms with Crippen LogP contribution in [0.25, 0.3) is 16.5 Å². The van der Waals surface area contributed by atoms with E-state index in [2.05, 4.69) is 10.0 Å². The Labute approximate surface area is 98.0 Å². The third-order valence-corrected chi connectivity index (χ3v) is 2.09. The molecule has 0 aliphatic carbocycles. The molecule has 0 heterocycles. The highest BCUT2D eigenvalue weighted by atomic mass is 16.4. The monoisotopic (exact) mass is 232 g/mol. The molecule has 6 nitrogen and oxygen atoms in total. The van der Waals surface area contributed by atoms with Gasteiger partial charge in [-0.25, -0.2) is 4.79 Å². The number of hydrogen-bond donors (Lipinski definition) is 2. The van der Waals surface area contributed by atoms with Gasteiger partial charge in [-0.05, 0) is 35.7 Å². The second-order valence-electron chi connectivity index (χ2n) is 3.29. The number of carboxylic acids is 1. The second-order valence-corrected chi connectivity index (χ2v) is 3.29. The van der Waals surface area contributed by atoms with Gasteiger partial charge in [-0.1, -0.05) is 17.3 Å². The van der Waals surface area contributed by atoms with Crippen LogP contribution < -0.4 is 5.73 Å². The van der Waals surface area contributed by atoms with Crippen LogP contribution >= 0.6 is 0 Å². The smallest absolute Gasteiger partial charge is 0.335 e.